The van der Waals surface area contributed by atoms with Gasteiger partial charge in [0, 0.05) is 12.6 Å². The summed E-state index contributed by atoms with van der Waals surface area (Å²) in [6.45, 7) is 7.86. The van der Waals surface area contributed by atoms with Gasteiger partial charge < -0.3 is 15.4 Å². The third kappa shape index (κ3) is 4.08. The van der Waals surface area contributed by atoms with Crippen molar-refractivity contribution in [3.63, 3.8) is 0 Å². The van der Waals surface area contributed by atoms with E-state index < -0.39 is 6.04 Å². The van der Waals surface area contributed by atoms with Crippen molar-refractivity contribution in [1.82, 2.24) is 9.97 Å². The number of hydrogen-bond donors (Lipinski definition) is 2. The molecule has 112 valence electrons. The smallest absolute Gasteiger partial charge is 0.328 e. The lowest BCUT2D eigenvalue weighted by Gasteiger charge is -2.20. The highest BCUT2D eigenvalue weighted by Crippen LogP contribution is 2.21. The van der Waals surface area contributed by atoms with E-state index >= 15 is 0 Å². The lowest BCUT2D eigenvalue weighted by atomic mass is 10.0. The molecule has 0 aromatic carbocycles. The highest BCUT2D eigenvalue weighted by Gasteiger charge is 2.22. The minimum Gasteiger partial charge on any atom is -0.467 e. The maximum absolute atomic E-state index is 11.9. The van der Waals surface area contributed by atoms with Crippen LogP contribution in [0.1, 0.15) is 31.7 Å². The molecular formula is C14H24N4O2. The van der Waals surface area contributed by atoms with Crippen molar-refractivity contribution in [3.05, 3.63) is 11.4 Å². The zero-order chi connectivity index (χ0) is 15.3. The van der Waals surface area contributed by atoms with Gasteiger partial charge in [0.05, 0.1) is 7.11 Å². The van der Waals surface area contributed by atoms with E-state index in [1.165, 1.54) is 7.11 Å². The Morgan fingerprint density at radius 1 is 1.25 bits per heavy atom. The van der Waals surface area contributed by atoms with Gasteiger partial charge in [0.15, 0.2) is 0 Å². The van der Waals surface area contributed by atoms with Crippen molar-refractivity contribution in [1.29, 1.82) is 0 Å². The van der Waals surface area contributed by atoms with Crippen molar-refractivity contribution in [2.24, 2.45) is 5.92 Å². The number of hydrogen-bond acceptors (Lipinski definition) is 6. The van der Waals surface area contributed by atoms with Crippen molar-refractivity contribution in [2.45, 2.75) is 40.2 Å². The number of esters is 1. The van der Waals surface area contributed by atoms with Gasteiger partial charge in [0.25, 0.3) is 0 Å². The van der Waals surface area contributed by atoms with Gasteiger partial charge in [0.2, 0.25) is 0 Å². The molecule has 0 aliphatic carbocycles. The number of carbonyl (C=O) groups excluding carboxylic acids is 1. The Morgan fingerprint density at radius 2 is 1.85 bits per heavy atom. The van der Waals surface area contributed by atoms with Gasteiger partial charge in [0.1, 0.15) is 23.5 Å². The summed E-state index contributed by atoms with van der Waals surface area (Å²) in [5.74, 6) is 2.17. The van der Waals surface area contributed by atoms with Crippen LogP contribution < -0.4 is 10.6 Å². The van der Waals surface area contributed by atoms with Gasteiger partial charge in [-0.2, -0.15) is 0 Å². The monoisotopic (exact) mass is 280 g/mol. The molecule has 2 N–H and O–H groups in total. The molecule has 1 aromatic rings. The van der Waals surface area contributed by atoms with Crippen LogP contribution in [0.5, 0.6) is 0 Å². The first kappa shape index (κ1) is 16.2. The molecule has 1 rings (SSSR count). The van der Waals surface area contributed by atoms with Crippen molar-refractivity contribution in [2.75, 3.05) is 24.8 Å². The first-order valence-electron chi connectivity index (χ1n) is 6.76. The van der Waals surface area contributed by atoms with E-state index in [1.54, 1.807) is 0 Å². The Balaban J connectivity index is 3.04. The number of anilines is 2. The Hall–Kier alpha value is -1.85. The third-order valence-corrected chi connectivity index (χ3v) is 3.00. The van der Waals surface area contributed by atoms with E-state index in [0.29, 0.717) is 24.0 Å². The quantitative estimate of drug-likeness (QED) is 0.777. The van der Waals surface area contributed by atoms with Crippen molar-refractivity contribution in [3.8, 4) is 0 Å². The minimum absolute atomic E-state index is 0.277. The largest absolute Gasteiger partial charge is 0.467 e. The highest BCUT2D eigenvalue weighted by atomic mass is 16.5. The molecule has 0 amide bonds. The standard InChI is InChI=1S/C14H24N4O2/c1-8(2)7-11(14(19)20-6)18-13-9(3)12(15-5)16-10(4)17-13/h8,11H,7H2,1-6H3,(H2,15,16,17,18). The molecule has 0 spiro atoms. The average molecular weight is 280 g/mol. The van der Waals surface area contributed by atoms with Crippen LogP contribution in [0.15, 0.2) is 0 Å². The summed E-state index contributed by atoms with van der Waals surface area (Å²) in [6, 6.07) is -0.405. The van der Waals surface area contributed by atoms with Gasteiger partial charge in [-0.05, 0) is 26.2 Å². The molecule has 0 aliphatic rings. The molecule has 0 saturated heterocycles. The number of aromatic nitrogens is 2. The highest BCUT2D eigenvalue weighted by molar-refractivity contribution is 5.79. The summed E-state index contributed by atoms with van der Waals surface area (Å²) in [5.41, 5.74) is 0.885. The predicted molar refractivity (Wildman–Crippen MR) is 79.9 cm³/mol. The molecule has 1 atom stereocenters. The number of methoxy groups -OCH3 is 1. The Bertz CT molecular complexity index is 474. The van der Waals surface area contributed by atoms with Gasteiger partial charge in [-0.15, -0.1) is 0 Å². The first-order chi connectivity index (χ1) is 9.38. The van der Waals surface area contributed by atoms with Crippen LogP contribution >= 0.6 is 0 Å². The van der Waals surface area contributed by atoms with Crippen LogP contribution in [-0.2, 0) is 9.53 Å². The summed E-state index contributed by atoms with van der Waals surface area (Å²) >= 11 is 0. The number of rotatable bonds is 6. The molecule has 1 aromatic heterocycles. The van der Waals surface area contributed by atoms with Gasteiger partial charge >= 0.3 is 5.97 Å². The molecule has 6 heteroatoms. The zero-order valence-corrected chi connectivity index (χ0v) is 13.1. The molecule has 6 nitrogen and oxygen atoms in total. The molecule has 1 heterocycles. The topological polar surface area (TPSA) is 76.1 Å². The number of ether oxygens (including phenoxy) is 1. The molecule has 0 aliphatic heterocycles. The predicted octanol–water partition coefficient (Wildman–Crippen LogP) is 2.13. The fourth-order valence-electron chi connectivity index (χ4n) is 2.01. The normalized spacial score (nSPS) is 12.2. The number of nitrogens with zero attached hydrogens (tertiary/aromatic N) is 2. The molecule has 0 bridgehead atoms. The maximum Gasteiger partial charge on any atom is 0.328 e. The lowest BCUT2D eigenvalue weighted by Crippen LogP contribution is -2.33. The van der Waals surface area contributed by atoms with E-state index in [9.17, 15) is 4.79 Å². The molecular weight excluding hydrogens is 256 g/mol. The van der Waals surface area contributed by atoms with Crippen LogP contribution in [0, 0.1) is 19.8 Å². The number of carbonyl (C=O) groups is 1. The van der Waals surface area contributed by atoms with Crippen LogP contribution in [0.25, 0.3) is 0 Å². The number of aryl methyl sites for hydroxylation is 1. The Labute approximate surface area is 120 Å². The first-order valence-corrected chi connectivity index (χ1v) is 6.76. The van der Waals surface area contributed by atoms with Gasteiger partial charge in [-0.25, -0.2) is 14.8 Å². The van der Waals surface area contributed by atoms with Crippen molar-refractivity contribution >= 4 is 17.6 Å². The second-order valence-corrected chi connectivity index (χ2v) is 5.19. The second kappa shape index (κ2) is 7.07. The van der Waals surface area contributed by atoms with E-state index in [2.05, 4.69) is 34.4 Å². The van der Waals surface area contributed by atoms with E-state index in [-0.39, 0.29) is 5.97 Å². The second-order valence-electron chi connectivity index (χ2n) is 5.19. The SMILES string of the molecule is CNc1nc(C)nc(NC(CC(C)C)C(=O)OC)c1C. The lowest BCUT2D eigenvalue weighted by molar-refractivity contribution is -0.141. The summed E-state index contributed by atoms with van der Waals surface area (Å²) in [6.07, 6.45) is 0.685. The fourth-order valence-corrected chi connectivity index (χ4v) is 2.01. The molecule has 1 unspecified atom stereocenters. The van der Waals surface area contributed by atoms with Gasteiger partial charge in [-0.3, -0.25) is 0 Å². The van der Waals surface area contributed by atoms with Crippen LogP contribution in [0.2, 0.25) is 0 Å². The molecule has 0 radical (unpaired) electrons. The zero-order valence-electron chi connectivity index (χ0n) is 13.1. The summed E-state index contributed by atoms with van der Waals surface area (Å²) in [5, 5.41) is 6.21. The fraction of sp³-hybridized carbons (Fsp3) is 0.643. The third-order valence-electron chi connectivity index (χ3n) is 3.00. The summed E-state index contributed by atoms with van der Waals surface area (Å²) in [7, 11) is 3.21. The Morgan fingerprint density at radius 3 is 2.35 bits per heavy atom. The molecule has 0 saturated carbocycles. The van der Waals surface area contributed by atoms with Crippen LogP contribution in [-0.4, -0.2) is 36.1 Å². The van der Waals surface area contributed by atoms with Crippen LogP contribution in [0.3, 0.4) is 0 Å². The van der Waals surface area contributed by atoms with Crippen LogP contribution in [0.4, 0.5) is 11.6 Å². The average Bonchev–Trinajstić information content (AvgIpc) is 2.40. The van der Waals surface area contributed by atoms with E-state index in [4.69, 9.17) is 4.74 Å². The molecule has 20 heavy (non-hydrogen) atoms. The van der Waals surface area contributed by atoms with E-state index in [0.717, 1.165) is 11.4 Å². The summed E-state index contributed by atoms with van der Waals surface area (Å²) < 4.78 is 4.85. The van der Waals surface area contributed by atoms with Gasteiger partial charge in [-0.1, -0.05) is 13.8 Å². The number of nitrogens with one attached hydrogen (secondary N) is 2. The summed E-state index contributed by atoms with van der Waals surface area (Å²) in [4.78, 5) is 20.5. The van der Waals surface area contributed by atoms with E-state index in [1.807, 2.05) is 20.9 Å². The minimum atomic E-state index is -0.405. The maximum atomic E-state index is 11.9. The Kier molecular flexibility index (Phi) is 5.73. The van der Waals surface area contributed by atoms with Crippen molar-refractivity contribution < 1.29 is 9.53 Å². The molecule has 0 fully saturated rings.